The molecule has 32 valence electrons. The van der Waals surface area contributed by atoms with Gasteiger partial charge in [0.15, 0.2) is 0 Å². The summed E-state index contributed by atoms with van der Waals surface area (Å²) in [6, 6.07) is 0. The van der Waals surface area contributed by atoms with Gasteiger partial charge in [-0.15, -0.1) is 0 Å². The quantitative estimate of drug-likeness (QED) is 0.398. The van der Waals surface area contributed by atoms with Gasteiger partial charge in [0.25, 0.3) is 0 Å². The third-order valence-corrected chi connectivity index (χ3v) is 0. The van der Waals surface area contributed by atoms with E-state index < -0.39 is 13.6 Å². The summed E-state index contributed by atoms with van der Waals surface area (Å²) >= 11 is -5.50. The van der Waals surface area contributed by atoms with E-state index in [-0.39, 0.29) is 0 Å². The van der Waals surface area contributed by atoms with Crippen molar-refractivity contribution in [3.63, 3.8) is 0 Å². The summed E-state index contributed by atoms with van der Waals surface area (Å²) in [4.78, 5) is 0. The Kier molecular flexibility index (Phi) is 1.04. The van der Waals surface area contributed by atoms with Crippen LogP contribution in [0.15, 0.2) is 0 Å². The van der Waals surface area contributed by atoms with Crippen molar-refractivity contribution in [2.75, 3.05) is 0 Å². The summed E-state index contributed by atoms with van der Waals surface area (Å²) < 4.78 is 33.1. The Morgan fingerprint density at radius 2 is 1.60 bits per heavy atom. The topological polar surface area (TPSA) is 77.4 Å². The second-order valence-corrected chi connectivity index (χ2v) is 1.76. The zero-order valence-electron chi connectivity index (χ0n) is 2.08. The molecule has 0 rings (SSSR count). The van der Waals surface area contributed by atoms with E-state index in [4.69, 9.17) is 15.9 Å². The maximum atomic E-state index is 8.70. The monoisotopic (exact) mass is 117 g/mol. The van der Waals surface area contributed by atoms with Gasteiger partial charge < -0.3 is 0 Å². The third kappa shape index (κ3) is 6200. The molecule has 4 nitrogen and oxygen atoms in total. The fraction of sp³-hybridized carbons (Fsp3) is 0. The molecule has 5 heteroatoms. The average molecular weight is 117 g/mol. The second-order valence-electron chi connectivity index (χ2n) is 0.428. The molecule has 0 radical (unpaired) electrons. The molecule has 0 spiro atoms. The molecule has 0 heterocycles. The van der Waals surface area contributed by atoms with Crippen LogP contribution in [0.5, 0.6) is 0 Å². The fourth-order valence-electron chi connectivity index (χ4n) is 0. The predicted molar refractivity (Wildman–Crippen MR) is 3.59 cm³/mol. The zero-order chi connectivity index (χ0) is 4.50. The van der Waals surface area contributed by atoms with E-state index in [9.17, 15) is 0 Å². The Balaban J connectivity index is 4.06. The van der Waals surface area contributed by atoms with Crippen LogP contribution < -0.4 is 4.16 Å². The van der Waals surface area contributed by atoms with Gasteiger partial charge in [0.2, 0.25) is 0 Å². The molecule has 1 N–H and O–H groups in total. The van der Waals surface area contributed by atoms with Crippen molar-refractivity contribution in [3.8, 4) is 0 Å². The molecular formula is HCrO4-. The molecule has 0 aliphatic rings. The Hall–Kier alpha value is 0.0525. The summed E-state index contributed by atoms with van der Waals surface area (Å²) in [6.07, 6.45) is 0. The molecule has 0 aromatic carbocycles. The molecule has 0 aliphatic carbocycles. The summed E-state index contributed by atoms with van der Waals surface area (Å²) in [7, 11) is 0. The van der Waals surface area contributed by atoms with Crippen molar-refractivity contribution in [1.29, 1.82) is 0 Å². The summed E-state index contributed by atoms with van der Waals surface area (Å²) in [6.45, 7) is 0. The summed E-state index contributed by atoms with van der Waals surface area (Å²) in [5.74, 6) is 0. The SMILES string of the molecule is [O]=[Cr](=[O])([O-])[OH]. The molecule has 0 saturated heterocycles. The normalized spacial score (nSPS) is 11.6. The van der Waals surface area contributed by atoms with E-state index in [2.05, 4.69) is 0 Å². The molecule has 0 amide bonds. The summed E-state index contributed by atoms with van der Waals surface area (Å²) in [5.41, 5.74) is 0. The van der Waals surface area contributed by atoms with Crippen LogP contribution in [0.4, 0.5) is 0 Å². The first-order valence-corrected chi connectivity index (χ1v) is 2.81. The molecule has 5 heavy (non-hydrogen) atoms. The van der Waals surface area contributed by atoms with Crippen molar-refractivity contribution in [2.24, 2.45) is 0 Å². The van der Waals surface area contributed by atoms with Gasteiger partial charge in [0, 0.05) is 0 Å². The second kappa shape index (κ2) is 1.03. The van der Waals surface area contributed by atoms with Crippen molar-refractivity contribution in [2.45, 2.75) is 0 Å². The Morgan fingerprint density at radius 3 is 1.60 bits per heavy atom. The van der Waals surface area contributed by atoms with Crippen LogP contribution in [0.3, 0.4) is 0 Å². The van der Waals surface area contributed by atoms with E-state index in [1.807, 2.05) is 0 Å². The van der Waals surface area contributed by atoms with Crippen LogP contribution in [0.1, 0.15) is 0 Å². The Labute approximate surface area is 30.4 Å². The molecule has 0 saturated carbocycles. The van der Waals surface area contributed by atoms with E-state index in [1.54, 1.807) is 0 Å². The first-order valence-electron chi connectivity index (χ1n) is 0.683. The molecule has 0 atom stereocenters. The Bertz CT molecular complexity index is 86.8. The van der Waals surface area contributed by atoms with Crippen molar-refractivity contribution < 1.29 is 29.5 Å². The molecule has 0 unspecified atom stereocenters. The standard InChI is InChI=1S/Cr.H2O.3O/h;1H2;;;/q+1;;;;-1/p-1. The predicted octanol–water partition coefficient (Wildman–Crippen LogP) is -1.99. The first-order chi connectivity index (χ1) is 2.00. The average Bonchev–Trinajstić information content (AvgIpc) is 0.722. The van der Waals surface area contributed by atoms with Crippen LogP contribution in [-0.2, 0) is 21.2 Å². The van der Waals surface area contributed by atoms with Gasteiger partial charge in [-0.2, -0.15) is 0 Å². The van der Waals surface area contributed by atoms with Crippen LogP contribution in [-0.4, -0.2) is 4.16 Å². The van der Waals surface area contributed by atoms with Gasteiger partial charge in [-0.1, -0.05) is 0 Å². The van der Waals surface area contributed by atoms with Crippen molar-refractivity contribution in [3.05, 3.63) is 0 Å². The molecule has 0 aliphatic heterocycles. The Morgan fingerprint density at radius 1 is 1.60 bits per heavy atom. The number of hydrogen-bond acceptors (Lipinski definition) is 3. The first kappa shape index (κ1) is 5.05. The van der Waals surface area contributed by atoms with Gasteiger partial charge in [0.1, 0.15) is 0 Å². The minimum atomic E-state index is -5.50. The van der Waals surface area contributed by atoms with Gasteiger partial charge in [-0.3, -0.25) is 0 Å². The van der Waals surface area contributed by atoms with E-state index >= 15 is 0 Å². The van der Waals surface area contributed by atoms with Crippen LogP contribution in [0, 0.1) is 0 Å². The van der Waals surface area contributed by atoms with Gasteiger partial charge >= 0.3 is 29.5 Å². The van der Waals surface area contributed by atoms with Crippen LogP contribution in [0.25, 0.3) is 0 Å². The van der Waals surface area contributed by atoms with Crippen LogP contribution >= 0.6 is 0 Å². The van der Waals surface area contributed by atoms with E-state index in [1.165, 1.54) is 0 Å². The number of rotatable bonds is 0. The maximum absolute atomic E-state index is 8.70. The fourth-order valence-corrected chi connectivity index (χ4v) is 0. The van der Waals surface area contributed by atoms with Gasteiger partial charge in [0.05, 0.1) is 0 Å². The van der Waals surface area contributed by atoms with Crippen molar-refractivity contribution >= 4 is 0 Å². The van der Waals surface area contributed by atoms with Crippen LogP contribution in [0.2, 0.25) is 0 Å². The van der Waals surface area contributed by atoms with Gasteiger partial charge in [-0.05, 0) is 0 Å². The zero-order valence-corrected chi connectivity index (χ0v) is 3.36. The molecule has 0 aromatic rings. The molecule has 0 aromatic heterocycles. The van der Waals surface area contributed by atoms with E-state index in [0.29, 0.717) is 0 Å². The minimum absolute atomic E-state index is 5.50. The van der Waals surface area contributed by atoms with Crippen molar-refractivity contribution in [1.82, 2.24) is 0 Å². The number of hydrogen-bond donors (Lipinski definition) is 1. The van der Waals surface area contributed by atoms with E-state index in [0.717, 1.165) is 0 Å². The molecule has 0 fully saturated rings. The molecule has 0 bridgehead atoms. The van der Waals surface area contributed by atoms with Gasteiger partial charge in [-0.25, -0.2) is 0 Å². The third-order valence-electron chi connectivity index (χ3n) is 0. The molecular weight excluding hydrogens is 116 g/mol. The summed E-state index contributed by atoms with van der Waals surface area (Å²) in [5, 5.41) is 0.